The highest BCUT2D eigenvalue weighted by molar-refractivity contribution is 5.88. The Kier molecular flexibility index (Phi) is 8.41. The number of anilines is 1. The number of methoxy groups -OCH3 is 1. The van der Waals surface area contributed by atoms with Gasteiger partial charge in [-0.15, -0.1) is 0 Å². The Labute approximate surface area is 200 Å². The van der Waals surface area contributed by atoms with Crippen LogP contribution in [-0.4, -0.2) is 65.9 Å². The highest BCUT2D eigenvalue weighted by atomic mass is 19.4. The predicted octanol–water partition coefficient (Wildman–Crippen LogP) is 2.79. The summed E-state index contributed by atoms with van der Waals surface area (Å²) < 4.78 is 44.7. The number of rotatable bonds is 8. The first-order chi connectivity index (χ1) is 16.6. The third-order valence-corrected chi connectivity index (χ3v) is 5.88. The van der Waals surface area contributed by atoms with Gasteiger partial charge in [-0.2, -0.15) is 13.2 Å². The minimum Gasteiger partial charge on any atom is -0.497 e. The fourth-order valence-corrected chi connectivity index (χ4v) is 4.13. The number of carbonyl (C=O) groups excluding carboxylic acids is 2. The Bertz CT molecular complexity index is 979. The second kappa shape index (κ2) is 11.3. The lowest BCUT2D eigenvalue weighted by Gasteiger charge is -2.27. The smallest absolute Gasteiger partial charge is 0.416 e. The van der Waals surface area contributed by atoms with E-state index in [0.717, 1.165) is 25.0 Å². The van der Waals surface area contributed by atoms with Crippen LogP contribution >= 0.6 is 0 Å². The van der Waals surface area contributed by atoms with Crippen LogP contribution in [0.15, 0.2) is 30.2 Å². The first-order valence-electron chi connectivity index (χ1n) is 11.3. The number of carbonyl (C=O) groups is 2. The van der Waals surface area contributed by atoms with Crippen molar-refractivity contribution in [1.82, 2.24) is 15.1 Å². The Balaban J connectivity index is 1.78. The number of amides is 2. The second-order valence-electron chi connectivity index (χ2n) is 8.44. The van der Waals surface area contributed by atoms with Crippen molar-refractivity contribution in [2.75, 3.05) is 38.6 Å². The number of ether oxygens (including phenoxy) is 1. The molecular weight excluding hydrogens is 471 g/mol. The van der Waals surface area contributed by atoms with Gasteiger partial charge in [0.1, 0.15) is 11.8 Å². The molecular formula is C22H28F3N5O5. The SMILES string of the molecule is COc1cc(NC(=C[N+](=O)[O-])NC2CCCCN(CC(=O)N3CCCC3)C2=O)cc(C(F)(F)F)c1. The number of nitrogens with one attached hydrogen (secondary N) is 2. The van der Waals surface area contributed by atoms with Gasteiger partial charge in [0, 0.05) is 31.4 Å². The zero-order valence-electron chi connectivity index (χ0n) is 19.3. The lowest BCUT2D eigenvalue weighted by atomic mass is 10.1. The van der Waals surface area contributed by atoms with E-state index >= 15 is 0 Å². The molecule has 0 aromatic heterocycles. The van der Waals surface area contributed by atoms with Gasteiger partial charge in [-0.05, 0) is 44.2 Å². The monoisotopic (exact) mass is 499 g/mol. The molecule has 1 aromatic carbocycles. The normalized spacial score (nSPS) is 19.4. The summed E-state index contributed by atoms with van der Waals surface area (Å²) in [5, 5.41) is 16.5. The number of likely N-dealkylation sites (tertiary alicyclic amines) is 2. The van der Waals surface area contributed by atoms with Gasteiger partial charge in [-0.3, -0.25) is 19.7 Å². The molecule has 192 valence electrons. The molecule has 2 aliphatic rings. The molecule has 0 spiro atoms. The Hall–Kier alpha value is -3.51. The third kappa shape index (κ3) is 7.23. The van der Waals surface area contributed by atoms with Crippen molar-refractivity contribution in [1.29, 1.82) is 0 Å². The molecule has 35 heavy (non-hydrogen) atoms. The predicted molar refractivity (Wildman–Crippen MR) is 120 cm³/mol. The van der Waals surface area contributed by atoms with Gasteiger partial charge in [0.25, 0.3) is 6.20 Å². The van der Waals surface area contributed by atoms with Crippen LogP contribution in [0.4, 0.5) is 18.9 Å². The summed E-state index contributed by atoms with van der Waals surface area (Å²) in [7, 11) is 1.20. The van der Waals surface area contributed by atoms with Crippen LogP contribution in [0, 0.1) is 10.1 Å². The lowest BCUT2D eigenvalue weighted by molar-refractivity contribution is -0.403. The number of alkyl halides is 3. The van der Waals surface area contributed by atoms with Crippen LogP contribution in [0.25, 0.3) is 0 Å². The first-order valence-corrected chi connectivity index (χ1v) is 11.3. The standard InChI is InChI=1S/C22H28F3N5O5/c1-35-17-11-15(22(23,24)25)10-16(12-17)26-19(13-30(33)34)27-18-6-2-3-9-29(21(18)32)14-20(31)28-7-4-5-8-28/h10-13,18,26-27H,2-9,14H2,1H3. The summed E-state index contributed by atoms with van der Waals surface area (Å²) in [6.45, 7) is 1.61. The lowest BCUT2D eigenvalue weighted by Crippen LogP contribution is -2.49. The molecule has 2 aliphatic heterocycles. The largest absolute Gasteiger partial charge is 0.497 e. The van der Waals surface area contributed by atoms with Crippen LogP contribution in [-0.2, 0) is 15.8 Å². The fourth-order valence-electron chi connectivity index (χ4n) is 4.13. The molecule has 13 heteroatoms. The summed E-state index contributed by atoms with van der Waals surface area (Å²) in [5.74, 6) is -0.901. The summed E-state index contributed by atoms with van der Waals surface area (Å²) >= 11 is 0. The van der Waals surface area contributed by atoms with Crippen molar-refractivity contribution in [3.8, 4) is 5.75 Å². The zero-order valence-corrected chi connectivity index (χ0v) is 19.3. The highest BCUT2D eigenvalue weighted by Gasteiger charge is 2.33. The highest BCUT2D eigenvalue weighted by Crippen LogP contribution is 2.34. The molecule has 2 saturated heterocycles. The molecule has 2 amide bonds. The molecule has 2 fully saturated rings. The van der Waals surface area contributed by atoms with Crippen molar-refractivity contribution in [2.24, 2.45) is 0 Å². The van der Waals surface area contributed by atoms with Crippen molar-refractivity contribution in [3.05, 3.63) is 45.9 Å². The number of benzene rings is 1. The molecule has 0 saturated carbocycles. The molecule has 0 radical (unpaired) electrons. The molecule has 3 rings (SSSR count). The van der Waals surface area contributed by atoms with Crippen molar-refractivity contribution in [2.45, 2.75) is 44.3 Å². The molecule has 1 aromatic rings. The first kappa shape index (κ1) is 26.1. The van der Waals surface area contributed by atoms with Crippen molar-refractivity contribution in [3.63, 3.8) is 0 Å². The van der Waals surface area contributed by atoms with Crippen LogP contribution in [0.2, 0.25) is 0 Å². The minimum absolute atomic E-state index is 0.0798. The van der Waals surface area contributed by atoms with Crippen molar-refractivity contribution >= 4 is 17.5 Å². The number of nitro groups is 1. The molecule has 0 bridgehead atoms. The second-order valence-corrected chi connectivity index (χ2v) is 8.44. The average Bonchev–Trinajstić information content (AvgIpc) is 3.28. The van der Waals surface area contributed by atoms with Gasteiger partial charge in [0.2, 0.25) is 11.8 Å². The summed E-state index contributed by atoms with van der Waals surface area (Å²) in [6, 6.07) is 1.95. The van der Waals surface area contributed by atoms with Crippen LogP contribution in [0.5, 0.6) is 5.75 Å². The molecule has 10 nitrogen and oxygen atoms in total. The Morgan fingerprint density at radius 2 is 1.89 bits per heavy atom. The third-order valence-electron chi connectivity index (χ3n) is 5.88. The topological polar surface area (TPSA) is 117 Å². The number of halogens is 3. The van der Waals surface area contributed by atoms with E-state index in [9.17, 15) is 32.9 Å². The van der Waals surface area contributed by atoms with E-state index in [0.29, 0.717) is 45.1 Å². The number of hydrogen-bond acceptors (Lipinski definition) is 7. The quantitative estimate of drug-likeness (QED) is 0.417. The van der Waals surface area contributed by atoms with Crippen LogP contribution in [0.1, 0.15) is 37.7 Å². The van der Waals surface area contributed by atoms with E-state index < -0.39 is 28.6 Å². The van der Waals surface area contributed by atoms with E-state index in [1.165, 1.54) is 18.1 Å². The molecule has 2 heterocycles. The maximum Gasteiger partial charge on any atom is 0.416 e. The number of hydrogen-bond donors (Lipinski definition) is 2. The van der Waals surface area contributed by atoms with Gasteiger partial charge in [-0.1, -0.05) is 0 Å². The molecule has 1 atom stereocenters. The number of nitrogens with zero attached hydrogens (tertiary/aromatic N) is 3. The van der Waals surface area contributed by atoms with Gasteiger partial charge in [0.15, 0.2) is 5.82 Å². The Morgan fingerprint density at radius 1 is 1.20 bits per heavy atom. The van der Waals surface area contributed by atoms with E-state index in [2.05, 4.69) is 10.6 Å². The van der Waals surface area contributed by atoms with Crippen LogP contribution < -0.4 is 15.4 Å². The van der Waals surface area contributed by atoms with Gasteiger partial charge < -0.3 is 25.2 Å². The summed E-state index contributed by atoms with van der Waals surface area (Å²) in [6.07, 6.45) is -0.647. The van der Waals surface area contributed by atoms with E-state index in [1.54, 1.807) is 4.90 Å². The van der Waals surface area contributed by atoms with Gasteiger partial charge in [0.05, 0.1) is 24.1 Å². The van der Waals surface area contributed by atoms with E-state index in [-0.39, 0.29) is 29.7 Å². The summed E-state index contributed by atoms with van der Waals surface area (Å²) in [4.78, 5) is 39.3. The fraction of sp³-hybridized carbons (Fsp3) is 0.545. The molecule has 2 N–H and O–H groups in total. The molecule has 1 unspecified atom stereocenters. The van der Waals surface area contributed by atoms with Gasteiger partial charge in [-0.25, -0.2) is 0 Å². The summed E-state index contributed by atoms with van der Waals surface area (Å²) in [5.41, 5.74) is -1.11. The van der Waals surface area contributed by atoms with E-state index in [4.69, 9.17) is 4.74 Å². The minimum atomic E-state index is -4.66. The molecule has 0 aliphatic carbocycles. The maximum absolute atomic E-state index is 13.3. The van der Waals surface area contributed by atoms with Crippen molar-refractivity contribution < 1.29 is 32.4 Å². The maximum atomic E-state index is 13.3. The zero-order chi connectivity index (χ0) is 25.6. The van der Waals surface area contributed by atoms with Crippen LogP contribution in [0.3, 0.4) is 0 Å². The Morgan fingerprint density at radius 3 is 2.51 bits per heavy atom. The van der Waals surface area contributed by atoms with Gasteiger partial charge >= 0.3 is 6.18 Å². The van der Waals surface area contributed by atoms with E-state index in [1.807, 2.05) is 0 Å². The average molecular weight is 499 g/mol.